The number of aromatic hydroxyl groups is 1. The monoisotopic (exact) mass is 487 g/mol. The lowest BCUT2D eigenvalue weighted by atomic mass is 9.96. The number of nitrogens with zero attached hydrogens (tertiary/aromatic N) is 3. The molecule has 6 rings (SSSR count). The largest absolute Gasteiger partial charge is 0.508 e. The Morgan fingerprint density at radius 1 is 0.971 bits per heavy atom. The van der Waals surface area contributed by atoms with Gasteiger partial charge in [-0.25, -0.2) is 4.79 Å². The molecular weight excluding hydrogens is 466 g/mol. The third-order valence-corrected chi connectivity index (χ3v) is 7.13. The first-order chi connectivity index (χ1) is 16.9. The number of aryl methyl sites for hydroxylation is 1. The van der Waals surface area contributed by atoms with Gasteiger partial charge in [-0.05, 0) is 34.5 Å². The average Bonchev–Trinajstić information content (AvgIpc) is 3.22. The van der Waals surface area contributed by atoms with E-state index in [0.29, 0.717) is 46.0 Å². The van der Waals surface area contributed by atoms with E-state index in [4.69, 9.17) is 16.3 Å². The van der Waals surface area contributed by atoms with Gasteiger partial charge in [-0.1, -0.05) is 54.1 Å². The van der Waals surface area contributed by atoms with Gasteiger partial charge >= 0.3 is 5.69 Å². The lowest BCUT2D eigenvalue weighted by Gasteiger charge is -2.29. The maximum Gasteiger partial charge on any atom is 0.331 e. The summed E-state index contributed by atoms with van der Waals surface area (Å²) in [5, 5.41) is 13.8. The number of phenolic OH excluding ortho intramolecular Hbond substituents is 1. The maximum atomic E-state index is 13.5. The van der Waals surface area contributed by atoms with Crippen LogP contribution >= 0.6 is 11.6 Å². The van der Waals surface area contributed by atoms with Gasteiger partial charge in [0, 0.05) is 31.2 Å². The van der Waals surface area contributed by atoms with Crippen molar-refractivity contribution in [3.8, 4) is 17.0 Å². The van der Waals surface area contributed by atoms with Gasteiger partial charge in [0.1, 0.15) is 11.9 Å². The Morgan fingerprint density at radius 2 is 1.71 bits per heavy atom. The Hall–Kier alpha value is -3.81. The van der Waals surface area contributed by atoms with Crippen molar-refractivity contribution in [2.45, 2.75) is 12.6 Å². The number of fused-ring (bicyclic) bond motifs is 4. The Kier molecular flexibility index (Phi) is 4.88. The zero-order valence-corrected chi connectivity index (χ0v) is 19.9. The zero-order chi connectivity index (χ0) is 24.4. The van der Waals surface area contributed by atoms with Gasteiger partial charge in [-0.3, -0.25) is 13.9 Å². The van der Waals surface area contributed by atoms with Crippen LogP contribution in [-0.4, -0.2) is 25.4 Å². The number of hydrogen-bond donors (Lipinski definition) is 1. The Morgan fingerprint density at radius 3 is 2.49 bits per heavy atom. The molecule has 0 aliphatic carbocycles. The van der Waals surface area contributed by atoms with Crippen LogP contribution in [0.3, 0.4) is 0 Å². The number of ether oxygens (including phenoxy) is 1. The van der Waals surface area contributed by atoms with Crippen molar-refractivity contribution in [3.05, 3.63) is 97.8 Å². The molecule has 0 radical (unpaired) electrons. The summed E-state index contributed by atoms with van der Waals surface area (Å²) in [6.07, 6.45) is -0.684. The third kappa shape index (κ3) is 3.08. The molecule has 0 bridgehead atoms. The van der Waals surface area contributed by atoms with Gasteiger partial charge in [-0.15, -0.1) is 0 Å². The van der Waals surface area contributed by atoms with Crippen LogP contribution in [-0.2, 0) is 25.4 Å². The van der Waals surface area contributed by atoms with Crippen molar-refractivity contribution in [2.24, 2.45) is 14.1 Å². The SMILES string of the molecule is Cn1c(=O)c2c(-c3ccc(Cl)cc3)n3c(c2n(C)c1=O)C(c1c(O)ccc2ccccc12)OCC3. The average molecular weight is 488 g/mol. The molecule has 7 nitrogen and oxygen atoms in total. The highest BCUT2D eigenvalue weighted by molar-refractivity contribution is 6.30. The Labute approximate surface area is 205 Å². The van der Waals surface area contributed by atoms with E-state index in [1.165, 1.54) is 11.6 Å². The van der Waals surface area contributed by atoms with E-state index in [9.17, 15) is 14.7 Å². The van der Waals surface area contributed by atoms with Crippen molar-refractivity contribution < 1.29 is 9.84 Å². The highest BCUT2D eigenvalue weighted by Gasteiger charge is 2.35. The van der Waals surface area contributed by atoms with Gasteiger partial charge in [-0.2, -0.15) is 0 Å². The summed E-state index contributed by atoms with van der Waals surface area (Å²) in [5.41, 5.74) is 2.49. The summed E-state index contributed by atoms with van der Waals surface area (Å²) in [6.45, 7) is 0.859. The van der Waals surface area contributed by atoms with E-state index in [0.717, 1.165) is 20.9 Å². The van der Waals surface area contributed by atoms with Crippen molar-refractivity contribution in [3.63, 3.8) is 0 Å². The van der Waals surface area contributed by atoms with Crippen molar-refractivity contribution >= 4 is 33.3 Å². The molecule has 5 aromatic rings. The van der Waals surface area contributed by atoms with Crippen LogP contribution in [0.2, 0.25) is 5.02 Å². The second-order valence-corrected chi connectivity index (χ2v) is 9.23. The normalized spacial score (nSPS) is 15.6. The smallest absolute Gasteiger partial charge is 0.331 e. The number of benzene rings is 3. The van der Waals surface area contributed by atoms with Crippen LogP contribution in [0.25, 0.3) is 32.9 Å². The molecule has 1 N–H and O–H groups in total. The fourth-order valence-corrected chi connectivity index (χ4v) is 5.39. The summed E-state index contributed by atoms with van der Waals surface area (Å²) in [4.78, 5) is 26.5. The molecule has 1 aliphatic heterocycles. The third-order valence-electron chi connectivity index (χ3n) is 6.88. The van der Waals surface area contributed by atoms with E-state index < -0.39 is 11.8 Å². The highest BCUT2D eigenvalue weighted by Crippen LogP contribution is 2.44. The van der Waals surface area contributed by atoms with Gasteiger partial charge in [0.2, 0.25) is 0 Å². The molecule has 3 heterocycles. The molecule has 35 heavy (non-hydrogen) atoms. The van der Waals surface area contributed by atoms with Gasteiger partial charge < -0.3 is 14.4 Å². The minimum absolute atomic E-state index is 0.0957. The van der Waals surface area contributed by atoms with E-state index in [-0.39, 0.29) is 11.3 Å². The van der Waals surface area contributed by atoms with Crippen LogP contribution in [0.5, 0.6) is 5.75 Å². The molecule has 1 unspecified atom stereocenters. The molecule has 0 spiro atoms. The number of rotatable bonds is 2. The van der Waals surface area contributed by atoms with Crippen LogP contribution in [0, 0.1) is 0 Å². The second kappa shape index (κ2) is 7.86. The number of aromatic nitrogens is 3. The van der Waals surface area contributed by atoms with E-state index in [1.54, 1.807) is 25.2 Å². The predicted molar refractivity (Wildman–Crippen MR) is 136 cm³/mol. The lowest BCUT2D eigenvalue weighted by molar-refractivity contribution is 0.0474. The first kappa shape index (κ1) is 21.7. The quantitative estimate of drug-likeness (QED) is 0.402. The molecule has 0 amide bonds. The molecule has 0 saturated heterocycles. The van der Waals surface area contributed by atoms with Gasteiger partial charge in [0.15, 0.2) is 0 Å². The molecule has 3 aromatic carbocycles. The molecule has 1 aliphatic rings. The minimum Gasteiger partial charge on any atom is -0.508 e. The van der Waals surface area contributed by atoms with Crippen LogP contribution in [0.4, 0.5) is 0 Å². The molecule has 2 aromatic heterocycles. The van der Waals surface area contributed by atoms with E-state index in [1.807, 2.05) is 47.0 Å². The second-order valence-electron chi connectivity index (χ2n) is 8.79. The number of halogens is 1. The topological polar surface area (TPSA) is 78.4 Å². The first-order valence-corrected chi connectivity index (χ1v) is 11.7. The fourth-order valence-electron chi connectivity index (χ4n) is 5.27. The molecule has 0 fully saturated rings. The van der Waals surface area contributed by atoms with Crippen molar-refractivity contribution in [1.29, 1.82) is 0 Å². The molecule has 176 valence electrons. The molecular formula is C27H22ClN3O4. The van der Waals surface area contributed by atoms with Crippen LogP contribution in [0.15, 0.2) is 70.3 Å². The van der Waals surface area contributed by atoms with E-state index in [2.05, 4.69) is 0 Å². The van der Waals surface area contributed by atoms with Crippen LogP contribution < -0.4 is 11.2 Å². The van der Waals surface area contributed by atoms with Gasteiger partial charge in [0.05, 0.1) is 28.9 Å². The Bertz CT molecular complexity index is 1760. The minimum atomic E-state index is -0.684. The summed E-state index contributed by atoms with van der Waals surface area (Å²) in [7, 11) is 3.14. The summed E-state index contributed by atoms with van der Waals surface area (Å²) >= 11 is 6.15. The Balaban J connectivity index is 1.79. The van der Waals surface area contributed by atoms with Crippen molar-refractivity contribution in [1.82, 2.24) is 13.7 Å². The molecule has 0 saturated carbocycles. The predicted octanol–water partition coefficient (Wildman–Crippen LogP) is 4.34. The maximum absolute atomic E-state index is 13.5. The summed E-state index contributed by atoms with van der Waals surface area (Å²) in [5.74, 6) is 0.0957. The molecule has 8 heteroatoms. The summed E-state index contributed by atoms with van der Waals surface area (Å²) < 4.78 is 11.0. The summed E-state index contributed by atoms with van der Waals surface area (Å²) in [6, 6.07) is 18.6. The fraction of sp³-hybridized carbons (Fsp3) is 0.185. The lowest BCUT2D eigenvalue weighted by Crippen LogP contribution is -2.37. The number of phenols is 1. The van der Waals surface area contributed by atoms with Crippen LogP contribution in [0.1, 0.15) is 17.4 Å². The first-order valence-electron chi connectivity index (χ1n) is 11.3. The van der Waals surface area contributed by atoms with Gasteiger partial charge in [0.25, 0.3) is 5.56 Å². The zero-order valence-electron chi connectivity index (χ0n) is 19.2. The standard InChI is InChI=1S/C27H22ClN3O4/c1-29-23-21(26(33)30(2)27(29)34)22(16-7-10-17(28)11-8-16)31-13-14-35-25(24(23)31)20-18-6-4-3-5-15(18)9-12-19(20)32/h3-12,25,32H,13-14H2,1-2H3. The highest BCUT2D eigenvalue weighted by atomic mass is 35.5. The van der Waals surface area contributed by atoms with E-state index >= 15 is 0 Å². The molecule has 1 atom stereocenters. The van der Waals surface area contributed by atoms with Crippen molar-refractivity contribution in [2.75, 3.05) is 6.61 Å². The number of hydrogen-bond acceptors (Lipinski definition) is 4.